The van der Waals surface area contributed by atoms with Gasteiger partial charge < -0.3 is 14.0 Å². The minimum atomic E-state index is 0.0567. The Morgan fingerprint density at radius 1 is 1.11 bits per heavy atom. The van der Waals surface area contributed by atoms with E-state index in [-0.39, 0.29) is 5.43 Å². The van der Waals surface area contributed by atoms with Gasteiger partial charge in [-0.25, -0.2) is 0 Å². The molecule has 146 valence electrons. The lowest BCUT2D eigenvalue weighted by Gasteiger charge is -2.25. The maximum Gasteiger partial charge on any atom is 0.182 e. The second kappa shape index (κ2) is 8.84. The maximum absolute atomic E-state index is 11.8. The summed E-state index contributed by atoms with van der Waals surface area (Å²) >= 11 is 0. The third-order valence-electron chi connectivity index (χ3n) is 5.24. The van der Waals surface area contributed by atoms with Gasteiger partial charge in [-0.15, -0.1) is 5.92 Å². The number of allylic oxidation sites excluding steroid dienone is 2. The Kier molecular flexibility index (Phi) is 6.26. The zero-order chi connectivity index (χ0) is 20.1. The molecule has 1 saturated carbocycles. The first kappa shape index (κ1) is 19.8. The molecule has 0 saturated heterocycles. The van der Waals surface area contributed by atoms with Gasteiger partial charge >= 0.3 is 0 Å². The third kappa shape index (κ3) is 4.31. The summed E-state index contributed by atoms with van der Waals surface area (Å²) in [5.74, 6) is 7.18. The van der Waals surface area contributed by atoms with E-state index in [1.54, 1.807) is 26.2 Å². The summed E-state index contributed by atoms with van der Waals surface area (Å²) in [6.07, 6.45) is 3.47. The molecule has 0 unspecified atom stereocenters. The van der Waals surface area contributed by atoms with Gasteiger partial charge in [0.2, 0.25) is 0 Å². The molecule has 1 aliphatic rings. The summed E-state index contributed by atoms with van der Waals surface area (Å²) in [4.78, 5) is 11.8. The highest BCUT2D eigenvalue weighted by molar-refractivity contribution is 5.72. The highest BCUT2D eigenvalue weighted by Gasteiger charge is 2.19. The Morgan fingerprint density at radius 2 is 1.82 bits per heavy atom. The number of rotatable bonds is 6. The lowest BCUT2D eigenvalue weighted by Crippen LogP contribution is -2.16. The van der Waals surface area contributed by atoms with Crippen LogP contribution in [0.3, 0.4) is 0 Å². The van der Waals surface area contributed by atoms with Gasteiger partial charge in [0.1, 0.15) is 6.61 Å². The molecule has 0 radical (unpaired) electrons. The monoisotopic (exact) mass is 377 g/mol. The summed E-state index contributed by atoms with van der Waals surface area (Å²) in [6, 6.07) is 9.48. The van der Waals surface area contributed by atoms with Crippen LogP contribution in [0.15, 0.2) is 40.7 Å². The van der Waals surface area contributed by atoms with E-state index in [0.717, 1.165) is 36.3 Å². The molecule has 28 heavy (non-hydrogen) atoms. The van der Waals surface area contributed by atoms with Crippen molar-refractivity contribution in [3.8, 4) is 23.3 Å². The van der Waals surface area contributed by atoms with E-state index >= 15 is 0 Å². The molecule has 0 spiro atoms. The normalized spacial score (nSPS) is 12.6. The maximum atomic E-state index is 11.8. The SMILES string of the molecule is CC#CCOc1cc(C(Cn2c(C)cc(=O)cc2C)=C2CCC2)ccc1OC. The fraction of sp³-hybridized carbons (Fsp3) is 0.375. The number of hydrogen-bond acceptors (Lipinski definition) is 3. The second-order valence-electron chi connectivity index (χ2n) is 7.08. The summed E-state index contributed by atoms with van der Waals surface area (Å²) < 4.78 is 13.5. The Hall–Kier alpha value is -2.93. The molecule has 4 heteroatoms. The van der Waals surface area contributed by atoms with Crippen LogP contribution in [0.2, 0.25) is 0 Å². The van der Waals surface area contributed by atoms with Crippen molar-refractivity contribution in [1.29, 1.82) is 0 Å². The van der Waals surface area contributed by atoms with Crippen molar-refractivity contribution < 1.29 is 9.47 Å². The zero-order valence-electron chi connectivity index (χ0n) is 17.1. The minimum Gasteiger partial charge on any atom is -0.493 e. The highest BCUT2D eigenvalue weighted by atomic mass is 16.5. The van der Waals surface area contributed by atoms with Gasteiger partial charge in [-0.05, 0) is 63.3 Å². The average Bonchev–Trinajstić information content (AvgIpc) is 2.62. The van der Waals surface area contributed by atoms with Gasteiger partial charge in [-0.2, -0.15) is 0 Å². The molecule has 0 atom stereocenters. The lowest BCUT2D eigenvalue weighted by atomic mass is 9.85. The molecule has 1 aliphatic carbocycles. The van der Waals surface area contributed by atoms with Crippen molar-refractivity contribution in [1.82, 2.24) is 4.57 Å². The molecule has 0 bridgehead atoms. The predicted molar refractivity (Wildman–Crippen MR) is 113 cm³/mol. The van der Waals surface area contributed by atoms with Crippen LogP contribution in [0, 0.1) is 25.7 Å². The first-order chi connectivity index (χ1) is 13.5. The number of hydrogen-bond donors (Lipinski definition) is 0. The highest BCUT2D eigenvalue weighted by Crippen LogP contribution is 2.38. The first-order valence-corrected chi connectivity index (χ1v) is 9.63. The van der Waals surface area contributed by atoms with E-state index in [0.29, 0.717) is 18.1 Å². The average molecular weight is 377 g/mol. The van der Waals surface area contributed by atoms with Gasteiger partial charge in [-0.1, -0.05) is 17.6 Å². The first-order valence-electron chi connectivity index (χ1n) is 9.63. The van der Waals surface area contributed by atoms with Gasteiger partial charge in [0.15, 0.2) is 16.9 Å². The number of nitrogens with zero attached hydrogens (tertiary/aromatic N) is 1. The Labute approximate surface area is 166 Å². The quantitative estimate of drug-likeness (QED) is 0.695. The van der Waals surface area contributed by atoms with E-state index in [1.807, 2.05) is 26.0 Å². The van der Waals surface area contributed by atoms with E-state index in [4.69, 9.17) is 9.47 Å². The lowest BCUT2D eigenvalue weighted by molar-refractivity contribution is 0.331. The van der Waals surface area contributed by atoms with Crippen molar-refractivity contribution in [3.05, 3.63) is 63.1 Å². The van der Waals surface area contributed by atoms with Crippen molar-refractivity contribution >= 4 is 5.57 Å². The largest absolute Gasteiger partial charge is 0.493 e. The van der Waals surface area contributed by atoms with E-state index in [9.17, 15) is 4.79 Å². The third-order valence-corrected chi connectivity index (χ3v) is 5.24. The van der Waals surface area contributed by atoms with E-state index < -0.39 is 0 Å². The van der Waals surface area contributed by atoms with Crippen LogP contribution in [0.5, 0.6) is 11.5 Å². The second-order valence-corrected chi connectivity index (χ2v) is 7.08. The molecular weight excluding hydrogens is 350 g/mol. The minimum absolute atomic E-state index is 0.0567. The number of aromatic nitrogens is 1. The van der Waals surface area contributed by atoms with Crippen LogP contribution in [0.1, 0.15) is 43.1 Å². The van der Waals surface area contributed by atoms with Crippen LogP contribution in [0.4, 0.5) is 0 Å². The van der Waals surface area contributed by atoms with Gasteiger partial charge in [-0.3, -0.25) is 4.79 Å². The molecule has 0 N–H and O–H groups in total. The van der Waals surface area contributed by atoms with Crippen molar-refractivity contribution in [2.75, 3.05) is 13.7 Å². The summed E-state index contributed by atoms with van der Waals surface area (Å²) in [5, 5.41) is 0. The molecule has 0 amide bonds. The van der Waals surface area contributed by atoms with Gasteiger partial charge in [0, 0.05) is 30.1 Å². The van der Waals surface area contributed by atoms with Crippen LogP contribution >= 0.6 is 0 Å². The van der Waals surface area contributed by atoms with Crippen molar-refractivity contribution in [2.45, 2.75) is 46.6 Å². The molecule has 1 aromatic heterocycles. The van der Waals surface area contributed by atoms with Crippen molar-refractivity contribution in [2.24, 2.45) is 0 Å². The summed E-state index contributed by atoms with van der Waals surface area (Å²) in [6.45, 7) is 6.85. The predicted octanol–water partition coefficient (Wildman–Crippen LogP) is 4.51. The van der Waals surface area contributed by atoms with E-state index in [1.165, 1.54) is 17.6 Å². The fourth-order valence-corrected chi connectivity index (χ4v) is 3.52. The molecule has 1 fully saturated rings. The number of aryl methyl sites for hydroxylation is 2. The number of ether oxygens (including phenoxy) is 2. The Bertz CT molecular complexity index is 986. The van der Waals surface area contributed by atoms with Gasteiger partial charge in [0.25, 0.3) is 0 Å². The molecule has 1 aromatic carbocycles. The number of methoxy groups -OCH3 is 1. The Balaban J connectivity index is 2.01. The van der Waals surface area contributed by atoms with Crippen LogP contribution in [0.25, 0.3) is 5.57 Å². The standard InChI is InChI=1S/C24H27NO3/c1-5-6-12-28-24-15-20(10-11-23(24)27-4)22(19-8-7-9-19)16-25-17(2)13-21(26)14-18(25)3/h10-11,13-15H,7-9,12,16H2,1-4H3. The van der Waals surface area contributed by atoms with Crippen LogP contribution in [-0.4, -0.2) is 18.3 Å². The van der Waals surface area contributed by atoms with Crippen molar-refractivity contribution in [3.63, 3.8) is 0 Å². The molecule has 1 heterocycles. The topological polar surface area (TPSA) is 40.5 Å². The number of benzene rings is 1. The van der Waals surface area contributed by atoms with Gasteiger partial charge in [0.05, 0.1) is 7.11 Å². The summed E-state index contributed by atoms with van der Waals surface area (Å²) in [7, 11) is 1.64. The Morgan fingerprint density at radius 3 is 2.39 bits per heavy atom. The molecule has 2 aromatic rings. The smallest absolute Gasteiger partial charge is 0.182 e. The van der Waals surface area contributed by atoms with E-state index in [2.05, 4.69) is 22.5 Å². The molecule has 4 nitrogen and oxygen atoms in total. The summed E-state index contributed by atoms with van der Waals surface area (Å²) in [5.41, 5.74) is 5.92. The molecule has 0 aliphatic heterocycles. The van der Waals surface area contributed by atoms with Crippen LogP contribution in [-0.2, 0) is 6.54 Å². The number of pyridine rings is 1. The zero-order valence-corrected chi connectivity index (χ0v) is 17.1. The fourth-order valence-electron chi connectivity index (χ4n) is 3.52. The molecular formula is C24H27NO3. The van der Waals surface area contributed by atoms with Crippen LogP contribution < -0.4 is 14.9 Å². The molecule has 3 rings (SSSR count).